The number of anilines is 1. The third-order valence-corrected chi connectivity index (χ3v) is 2.32. The van der Waals surface area contributed by atoms with Crippen LogP contribution in [0.25, 0.3) is 0 Å². The molecular formula is C14H24N4O2. The van der Waals surface area contributed by atoms with E-state index in [0.29, 0.717) is 25.2 Å². The van der Waals surface area contributed by atoms with Gasteiger partial charge in [-0.3, -0.25) is 0 Å². The Balaban J connectivity index is 2.71. The lowest BCUT2D eigenvalue weighted by molar-refractivity contribution is 0.264. The maximum absolute atomic E-state index is 5.52. The van der Waals surface area contributed by atoms with E-state index in [2.05, 4.69) is 33.8 Å². The van der Waals surface area contributed by atoms with Crippen molar-refractivity contribution in [2.75, 3.05) is 25.1 Å². The fourth-order valence-corrected chi connectivity index (χ4v) is 1.29. The van der Waals surface area contributed by atoms with E-state index < -0.39 is 0 Å². The number of rotatable bonds is 10. The number of ether oxygens (including phenoxy) is 2. The minimum Gasteiger partial charge on any atom is -0.463 e. The summed E-state index contributed by atoms with van der Waals surface area (Å²) in [6.07, 6.45) is 2.66. The van der Waals surface area contributed by atoms with E-state index >= 15 is 0 Å². The highest BCUT2D eigenvalue weighted by molar-refractivity contribution is 5.27. The lowest BCUT2D eigenvalue weighted by Gasteiger charge is -2.09. The van der Waals surface area contributed by atoms with Crippen LogP contribution in [0.4, 0.5) is 5.95 Å². The Hall–Kier alpha value is -1.85. The van der Waals surface area contributed by atoms with Gasteiger partial charge in [0.15, 0.2) is 0 Å². The first-order chi connectivity index (χ1) is 9.65. The molecule has 0 aromatic carbocycles. The highest BCUT2D eigenvalue weighted by Gasteiger charge is 2.08. The second kappa shape index (κ2) is 9.12. The van der Waals surface area contributed by atoms with Crippen LogP contribution in [0.2, 0.25) is 0 Å². The molecule has 0 saturated carbocycles. The monoisotopic (exact) mass is 280 g/mol. The number of hydrogen-bond acceptors (Lipinski definition) is 6. The van der Waals surface area contributed by atoms with Gasteiger partial charge in [-0.1, -0.05) is 19.4 Å². The van der Waals surface area contributed by atoms with Crippen LogP contribution < -0.4 is 14.8 Å². The van der Waals surface area contributed by atoms with Gasteiger partial charge in [0.2, 0.25) is 5.95 Å². The third-order valence-electron chi connectivity index (χ3n) is 2.32. The topological polar surface area (TPSA) is 69.2 Å². The molecule has 0 unspecified atom stereocenters. The van der Waals surface area contributed by atoms with Crippen LogP contribution in [0.15, 0.2) is 12.2 Å². The van der Waals surface area contributed by atoms with Gasteiger partial charge in [0, 0.05) is 13.0 Å². The van der Waals surface area contributed by atoms with Gasteiger partial charge in [-0.15, -0.1) is 11.6 Å². The molecule has 0 radical (unpaired) electrons. The Morgan fingerprint density at radius 2 is 1.70 bits per heavy atom. The molecule has 1 aromatic rings. The summed E-state index contributed by atoms with van der Waals surface area (Å²) in [4.78, 5) is 12.5. The van der Waals surface area contributed by atoms with Crippen LogP contribution >= 0.6 is 0 Å². The standard InChI is InChI=1S/C14H24N4O2/c1-5-8-15-12-16-13(19-9-6-2)18-14(17-12)20-10-7-11(3)4/h3,5-10H2,1-2,4H3,(H,15,16,17,18). The fourth-order valence-electron chi connectivity index (χ4n) is 1.29. The van der Waals surface area contributed by atoms with Gasteiger partial charge in [-0.25, -0.2) is 0 Å². The van der Waals surface area contributed by atoms with Crippen molar-refractivity contribution in [3.8, 4) is 12.0 Å². The molecule has 0 aliphatic rings. The molecular weight excluding hydrogens is 256 g/mol. The van der Waals surface area contributed by atoms with Crippen LogP contribution in [-0.4, -0.2) is 34.7 Å². The molecule has 1 rings (SSSR count). The second-order valence-corrected chi connectivity index (χ2v) is 4.55. The molecule has 0 fully saturated rings. The maximum atomic E-state index is 5.52. The molecule has 112 valence electrons. The van der Waals surface area contributed by atoms with Gasteiger partial charge in [0.05, 0.1) is 13.2 Å². The van der Waals surface area contributed by atoms with Crippen molar-refractivity contribution in [2.24, 2.45) is 0 Å². The summed E-state index contributed by atoms with van der Waals surface area (Å²) in [5.41, 5.74) is 1.06. The summed E-state index contributed by atoms with van der Waals surface area (Å²) in [5, 5.41) is 3.11. The van der Waals surface area contributed by atoms with Gasteiger partial charge in [0.1, 0.15) is 0 Å². The predicted molar refractivity (Wildman–Crippen MR) is 79.3 cm³/mol. The Kier molecular flexibility index (Phi) is 7.39. The predicted octanol–water partition coefficient (Wildman–Crippen LogP) is 2.83. The van der Waals surface area contributed by atoms with E-state index in [-0.39, 0.29) is 6.01 Å². The van der Waals surface area contributed by atoms with E-state index in [9.17, 15) is 0 Å². The molecule has 0 saturated heterocycles. The zero-order valence-corrected chi connectivity index (χ0v) is 12.6. The average Bonchev–Trinajstić information content (AvgIpc) is 2.42. The van der Waals surface area contributed by atoms with Crippen molar-refractivity contribution >= 4 is 5.95 Å². The number of hydrogen-bond donors (Lipinski definition) is 1. The molecule has 0 bridgehead atoms. The molecule has 1 aromatic heterocycles. The average molecular weight is 280 g/mol. The first-order valence-corrected chi connectivity index (χ1v) is 7.05. The summed E-state index contributed by atoms with van der Waals surface area (Å²) in [6.45, 7) is 11.8. The zero-order valence-electron chi connectivity index (χ0n) is 12.6. The van der Waals surface area contributed by atoms with Crippen LogP contribution in [0.1, 0.15) is 40.0 Å². The molecule has 0 aliphatic carbocycles. The Morgan fingerprint density at radius 3 is 2.25 bits per heavy atom. The van der Waals surface area contributed by atoms with E-state index in [1.807, 2.05) is 13.8 Å². The molecule has 0 atom stereocenters. The van der Waals surface area contributed by atoms with Gasteiger partial charge in [-0.05, 0) is 19.8 Å². The fraction of sp³-hybridized carbons (Fsp3) is 0.643. The minimum absolute atomic E-state index is 0.283. The quantitative estimate of drug-likeness (QED) is 0.665. The maximum Gasteiger partial charge on any atom is 0.324 e. The first-order valence-electron chi connectivity index (χ1n) is 7.05. The van der Waals surface area contributed by atoms with Gasteiger partial charge < -0.3 is 14.8 Å². The largest absolute Gasteiger partial charge is 0.463 e. The van der Waals surface area contributed by atoms with E-state index in [1.165, 1.54) is 0 Å². The summed E-state index contributed by atoms with van der Waals surface area (Å²) in [5.74, 6) is 0.485. The highest BCUT2D eigenvalue weighted by Crippen LogP contribution is 2.14. The summed E-state index contributed by atoms with van der Waals surface area (Å²) < 4.78 is 11.0. The molecule has 0 aliphatic heterocycles. The van der Waals surface area contributed by atoms with Crippen LogP contribution in [-0.2, 0) is 0 Å². The van der Waals surface area contributed by atoms with Gasteiger partial charge >= 0.3 is 12.0 Å². The zero-order chi connectivity index (χ0) is 14.8. The number of aromatic nitrogens is 3. The molecule has 0 spiro atoms. The molecule has 6 nitrogen and oxygen atoms in total. The summed E-state index contributed by atoms with van der Waals surface area (Å²) in [7, 11) is 0. The summed E-state index contributed by atoms with van der Waals surface area (Å²) in [6, 6.07) is 0.580. The Morgan fingerprint density at radius 1 is 1.05 bits per heavy atom. The molecule has 0 amide bonds. The van der Waals surface area contributed by atoms with Crippen LogP contribution in [0, 0.1) is 0 Å². The molecule has 1 N–H and O–H groups in total. The minimum atomic E-state index is 0.283. The Labute approximate surface area is 120 Å². The highest BCUT2D eigenvalue weighted by atomic mass is 16.5. The van der Waals surface area contributed by atoms with Gasteiger partial charge in [0.25, 0.3) is 0 Å². The van der Waals surface area contributed by atoms with Crippen molar-refractivity contribution in [1.82, 2.24) is 15.0 Å². The first kappa shape index (κ1) is 16.2. The SMILES string of the molecule is C=C(C)CCOc1nc(NCCC)nc(OCCC)n1. The van der Waals surface area contributed by atoms with E-state index in [4.69, 9.17) is 9.47 Å². The van der Waals surface area contributed by atoms with E-state index in [0.717, 1.165) is 31.4 Å². The Bertz CT molecular complexity index is 397. The summed E-state index contributed by atoms with van der Waals surface area (Å²) >= 11 is 0. The van der Waals surface area contributed by atoms with Crippen molar-refractivity contribution in [3.63, 3.8) is 0 Å². The van der Waals surface area contributed by atoms with Crippen molar-refractivity contribution in [1.29, 1.82) is 0 Å². The molecule has 20 heavy (non-hydrogen) atoms. The van der Waals surface area contributed by atoms with Crippen LogP contribution in [0.3, 0.4) is 0 Å². The van der Waals surface area contributed by atoms with Crippen molar-refractivity contribution < 1.29 is 9.47 Å². The van der Waals surface area contributed by atoms with Gasteiger partial charge in [-0.2, -0.15) is 9.97 Å². The lowest BCUT2D eigenvalue weighted by Crippen LogP contribution is -2.10. The third kappa shape index (κ3) is 6.36. The number of nitrogens with zero attached hydrogens (tertiary/aromatic N) is 3. The second-order valence-electron chi connectivity index (χ2n) is 4.55. The lowest BCUT2D eigenvalue weighted by atomic mass is 10.3. The number of nitrogens with one attached hydrogen (secondary N) is 1. The van der Waals surface area contributed by atoms with E-state index in [1.54, 1.807) is 0 Å². The van der Waals surface area contributed by atoms with Crippen LogP contribution in [0.5, 0.6) is 12.0 Å². The molecule has 1 heterocycles. The smallest absolute Gasteiger partial charge is 0.324 e. The van der Waals surface area contributed by atoms with Crippen molar-refractivity contribution in [2.45, 2.75) is 40.0 Å². The van der Waals surface area contributed by atoms with Crippen molar-refractivity contribution in [3.05, 3.63) is 12.2 Å². The molecule has 6 heteroatoms. The normalized spacial score (nSPS) is 10.2.